The number of rotatable bonds is 9. The Morgan fingerprint density at radius 3 is 1.08 bits per heavy atom. The van der Waals surface area contributed by atoms with E-state index in [1.165, 1.54) is 4.57 Å². The van der Waals surface area contributed by atoms with Gasteiger partial charge >= 0.3 is 0 Å². The number of hydrogen-bond donors (Lipinski definition) is 0. The van der Waals surface area contributed by atoms with Crippen molar-refractivity contribution in [1.29, 1.82) is 0 Å². The standard InChI is InChI=1S/C118H132BN3/c1-109(2,3)79-52-47-74(48-53-79)90-67-84(114(16,17)18)69-92(87-58-56-81(111(7,8)9)71-96(87)118(28,29)30)107(90)121-101-63-76(73-39-32-31-33-40-73)51-59-97(101)119-98-60-57-86(120-99-45-36-34-41-88(99)89-42-35-37-46-100(89)120)72-102(98)122(104-65-78(64-103(121)106(104)119)77-61-82(112(10,11)12)66-83(62-77)113(13,14)15)108-91(75-49-54-80(55-50-75)110(4,5)6)68-85(115(19,20)21)70-93(108)105-94(116(22,23)24)43-38-44-95(105)117(25,26)27/h31-72H,1-30H3/i31D,32D,33D,34D,35D,36D,37D,38D,39D,40D,41D,42D,43D,44D,45D,46D,47D,48D,49D,50D,52D,53D,54D,55D,56D,58D,67D,68D,69D,70D,71D. The Morgan fingerprint density at radius 1 is 0.246 bits per heavy atom. The highest BCUT2D eigenvalue weighted by Crippen LogP contribution is 2.59. The Kier molecular flexibility index (Phi) is 13.2. The second kappa shape index (κ2) is 29.5. The van der Waals surface area contributed by atoms with Crippen molar-refractivity contribution in [3.8, 4) is 72.4 Å². The predicted molar refractivity (Wildman–Crippen MR) is 534 cm³/mol. The summed E-state index contributed by atoms with van der Waals surface area (Å²) in [6.45, 7) is 53.4. The molecule has 3 heterocycles. The topological polar surface area (TPSA) is 11.4 Å². The summed E-state index contributed by atoms with van der Waals surface area (Å²) >= 11 is 0. The molecule has 0 fully saturated rings. The summed E-state index contributed by atoms with van der Waals surface area (Å²) in [5, 5.41) is -0.645. The van der Waals surface area contributed by atoms with Gasteiger partial charge in [-0.15, -0.1) is 0 Å². The number of nitrogens with zero attached hydrogens (tertiary/aromatic N) is 3. The molecule has 0 N–H and O–H groups in total. The first-order valence-electron chi connectivity index (χ1n) is 58.0. The van der Waals surface area contributed by atoms with Gasteiger partial charge in [0.25, 0.3) is 6.71 Å². The number of fused-ring (bicyclic) bond motifs is 7. The fourth-order valence-corrected chi connectivity index (χ4v) is 16.6. The third-order valence-corrected chi connectivity index (χ3v) is 23.5. The van der Waals surface area contributed by atoms with Crippen LogP contribution in [0.4, 0.5) is 34.1 Å². The first kappa shape index (κ1) is 54.7. The lowest BCUT2D eigenvalue weighted by Crippen LogP contribution is -2.61. The molecule has 4 heteroatoms. The molecule has 2 aliphatic rings. The molecule has 0 atom stereocenters. The van der Waals surface area contributed by atoms with Crippen LogP contribution in [0.2, 0.25) is 0 Å². The van der Waals surface area contributed by atoms with Gasteiger partial charge in [-0.2, -0.15) is 0 Å². The van der Waals surface area contributed by atoms with Crippen LogP contribution in [0.3, 0.4) is 0 Å². The van der Waals surface area contributed by atoms with Gasteiger partial charge in [0.05, 0.1) is 64.9 Å². The highest BCUT2D eigenvalue weighted by molar-refractivity contribution is 7.00. The van der Waals surface area contributed by atoms with Crippen LogP contribution in [-0.4, -0.2) is 11.3 Å². The highest BCUT2D eigenvalue weighted by atomic mass is 15.2. The van der Waals surface area contributed by atoms with Gasteiger partial charge in [0.2, 0.25) is 0 Å². The second-order valence-electron chi connectivity index (χ2n) is 43.6. The van der Waals surface area contributed by atoms with Crippen LogP contribution < -0.4 is 26.2 Å². The van der Waals surface area contributed by atoms with Crippen molar-refractivity contribution in [3.63, 3.8) is 0 Å². The summed E-state index contributed by atoms with van der Waals surface area (Å²) in [4.78, 5) is 3.34. The zero-order valence-corrected chi connectivity index (χ0v) is 76.8. The van der Waals surface area contributed by atoms with Crippen LogP contribution >= 0.6 is 0 Å². The summed E-state index contributed by atoms with van der Waals surface area (Å²) in [6.07, 6.45) is 0. The normalized spacial score (nSPS) is 17.3. The molecule has 2 aliphatic heterocycles. The van der Waals surface area contributed by atoms with Gasteiger partial charge in [-0.05, 0) is 237 Å². The van der Waals surface area contributed by atoms with Crippen molar-refractivity contribution >= 4 is 79.0 Å². The maximum Gasteiger partial charge on any atom is 0.252 e. The molecule has 14 aromatic rings. The van der Waals surface area contributed by atoms with Crippen molar-refractivity contribution in [1.82, 2.24) is 4.57 Å². The van der Waals surface area contributed by atoms with Gasteiger partial charge in [-0.1, -0.05) is 395 Å². The molecule has 0 unspecified atom stereocenters. The second-order valence-corrected chi connectivity index (χ2v) is 43.6. The van der Waals surface area contributed by atoms with E-state index in [0.29, 0.717) is 5.56 Å². The average Bonchev–Trinajstić information content (AvgIpc) is 1.48. The van der Waals surface area contributed by atoms with Crippen molar-refractivity contribution in [2.45, 2.75) is 262 Å². The van der Waals surface area contributed by atoms with Crippen molar-refractivity contribution in [2.24, 2.45) is 0 Å². The van der Waals surface area contributed by atoms with Gasteiger partial charge in [-0.25, -0.2) is 0 Å². The maximum absolute atomic E-state index is 12.0. The summed E-state index contributed by atoms with van der Waals surface area (Å²) < 4.78 is 325. The fourth-order valence-electron chi connectivity index (χ4n) is 16.6. The van der Waals surface area contributed by atoms with Crippen LogP contribution in [0.1, 0.15) is 306 Å². The third-order valence-electron chi connectivity index (χ3n) is 23.5. The molecule has 0 saturated heterocycles. The zero-order chi connectivity index (χ0) is 115. The van der Waals surface area contributed by atoms with Crippen molar-refractivity contribution in [3.05, 3.63) is 310 Å². The zero-order valence-electron chi connectivity index (χ0n) is 108. The molecule has 122 heavy (non-hydrogen) atoms. The number of benzene rings is 13. The van der Waals surface area contributed by atoms with E-state index in [-0.39, 0.29) is 168 Å². The molecule has 0 saturated carbocycles. The fraction of sp³-hybridized carbons (Fsp3) is 0.339. The molecular formula is C118H132BN3. The van der Waals surface area contributed by atoms with E-state index in [1.54, 1.807) is 129 Å². The molecular weight excluding hydrogens is 1470 g/mol. The molecule has 622 valence electrons. The van der Waals surface area contributed by atoms with Crippen LogP contribution in [0.5, 0.6) is 0 Å². The maximum atomic E-state index is 12.0. The number of anilines is 6. The van der Waals surface area contributed by atoms with Crippen LogP contribution in [0.15, 0.2) is 254 Å². The Bertz CT molecular complexity index is 8210. The lowest BCUT2D eigenvalue weighted by Gasteiger charge is -2.46. The largest absolute Gasteiger partial charge is 0.310 e. The van der Waals surface area contributed by atoms with Crippen molar-refractivity contribution in [2.75, 3.05) is 9.80 Å². The molecule has 13 aromatic carbocycles. The molecule has 3 nitrogen and oxygen atoms in total. The molecule has 16 rings (SSSR count). The quantitative estimate of drug-likeness (QED) is 0.133. The molecule has 0 aliphatic carbocycles. The SMILES string of the molecule is [2H]c1c([2H])c([2H])c(-c2ccc3c(c2)N(c2c(-c4c([2H])c([2H])c(C(C)(C)C)c([2H])c4[2H])c([2H])c(C(C)(C)C)c([2H])c2-c2c([2H])c([2H])c(C(C)(C)C)c([2H])c2C(C)(C)C)c2cc(-c4cc(C(C)(C)C)cc(C(C)(C)C)c4)cc4c2B3c2ccc(-n3c5c([2H])c([2H])c([2H])c([2H])c5c5c([2H])c([2H])c([2H])c([2H])c53)cc2N4c2c(-c3c([2H])c([2H])c(C(C)(C)C)c([2H])c3[2H])c([2H])c(C(C)(C)C)c([2H])c2-c2c(C(C)(C)C)c([2H])c([2H])c([2H])c2C(C)(C)C)c([2H])c1[2H]. The minimum absolute atomic E-state index is 0.00849. The van der Waals surface area contributed by atoms with E-state index in [9.17, 15) is 41.1 Å². The van der Waals surface area contributed by atoms with Crippen LogP contribution in [-0.2, 0) is 54.1 Å². The minimum atomic E-state index is -1.46. The average molecular weight is 1630 g/mol. The Morgan fingerprint density at radius 2 is 0.631 bits per heavy atom. The van der Waals surface area contributed by atoms with E-state index < -0.39 is 264 Å². The number of aromatic nitrogens is 1. The number of para-hydroxylation sites is 2. The van der Waals surface area contributed by atoms with E-state index in [4.69, 9.17) is 1.37 Å². The molecule has 0 radical (unpaired) electrons. The van der Waals surface area contributed by atoms with E-state index in [1.807, 2.05) is 149 Å². The van der Waals surface area contributed by atoms with Crippen LogP contribution in [0, 0.1) is 0 Å². The highest BCUT2D eigenvalue weighted by Gasteiger charge is 2.48. The van der Waals surface area contributed by atoms with Crippen LogP contribution in [0.25, 0.3) is 94.3 Å². The Balaban J connectivity index is 1.35. The van der Waals surface area contributed by atoms with E-state index >= 15 is 0 Å². The van der Waals surface area contributed by atoms with Gasteiger partial charge in [0.15, 0.2) is 0 Å². The predicted octanol–water partition coefficient (Wildman–Crippen LogP) is 31.8. The molecule has 0 bridgehead atoms. The minimum Gasteiger partial charge on any atom is -0.310 e. The summed E-state index contributed by atoms with van der Waals surface area (Å²) in [6, 6.07) is 0.365. The number of hydrogen-bond acceptors (Lipinski definition) is 2. The summed E-state index contributed by atoms with van der Waals surface area (Å²) in [5.41, 5.74) is -13.4. The lowest BCUT2D eigenvalue weighted by atomic mass is 9.33. The van der Waals surface area contributed by atoms with Crippen molar-refractivity contribution < 1.29 is 42.5 Å². The first-order chi connectivity index (χ1) is 69.8. The van der Waals surface area contributed by atoms with Gasteiger partial charge in [-0.3, -0.25) is 0 Å². The Labute approximate surface area is 776 Å². The summed E-state index contributed by atoms with van der Waals surface area (Å²) in [5.74, 6) is 0. The monoisotopic (exact) mass is 1630 g/mol. The van der Waals surface area contributed by atoms with Gasteiger partial charge < -0.3 is 14.4 Å². The molecule has 0 amide bonds. The van der Waals surface area contributed by atoms with Gasteiger partial charge in [0.1, 0.15) is 0 Å². The first-order valence-corrected chi connectivity index (χ1v) is 42.5. The summed E-state index contributed by atoms with van der Waals surface area (Å²) in [7, 11) is 0. The molecule has 1 aromatic heterocycles. The molecule has 0 spiro atoms. The van der Waals surface area contributed by atoms with E-state index in [2.05, 4.69) is 6.07 Å². The smallest absolute Gasteiger partial charge is 0.252 e. The van der Waals surface area contributed by atoms with Gasteiger partial charge in [0, 0.05) is 61.5 Å². The Hall–Kier alpha value is -10.7. The van der Waals surface area contributed by atoms with E-state index in [0.717, 1.165) is 11.1 Å². The lowest BCUT2D eigenvalue weighted by molar-refractivity contribution is 0.568. The third kappa shape index (κ3) is 15.4.